The second kappa shape index (κ2) is 7.74. The van der Waals surface area contributed by atoms with Crippen LogP contribution in [0.1, 0.15) is 45.2 Å². The molecular weight excluding hydrogens is 244 g/mol. The predicted octanol–water partition coefficient (Wildman–Crippen LogP) is 5.33. The van der Waals surface area contributed by atoms with Crippen molar-refractivity contribution in [3.05, 3.63) is 65.7 Å². The van der Waals surface area contributed by atoms with Crippen molar-refractivity contribution in [1.29, 1.82) is 0 Å². The van der Waals surface area contributed by atoms with Crippen LogP contribution in [0.4, 0.5) is 0 Å². The van der Waals surface area contributed by atoms with Crippen molar-refractivity contribution in [2.45, 2.75) is 46.0 Å². The van der Waals surface area contributed by atoms with Gasteiger partial charge in [0, 0.05) is 0 Å². The van der Waals surface area contributed by atoms with Crippen molar-refractivity contribution in [2.75, 3.05) is 0 Å². The molecule has 2 aromatic rings. The summed E-state index contributed by atoms with van der Waals surface area (Å²) < 4.78 is 0. The van der Waals surface area contributed by atoms with Gasteiger partial charge in [-0.3, -0.25) is 0 Å². The van der Waals surface area contributed by atoms with Gasteiger partial charge in [-0.1, -0.05) is 76.6 Å². The fourth-order valence-electron chi connectivity index (χ4n) is 2.13. The second-order valence-electron chi connectivity index (χ2n) is 6.00. The number of hydrogen-bond donors (Lipinski definition) is 1. The van der Waals surface area contributed by atoms with Gasteiger partial charge in [0.15, 0.2) is 0 Å². The Hall–Kier alpha value is -1.76. The first-order valence-corrected chi connectivity index (χ1v) is 7.27. The Morgan fingerprint density at radius 2 is 1.40 bits per heavy atom. The molecule has 1 nitrogen and oxygen atoms in total. The van der Waals surface area contributed by atoms with E-state index in [-0.39, 0.29) is 5.41 Å². The minimum atomic E-state index is 0.114. The van der Waals surface area contributed by atoms with Crippen molar-refractivity contribution in [2.24, 2.45) is 0 Å². The van der Waals surface area contributed by atoms with Gasteiger partial charge in [0.05, 0.1) is 0 Å². The summed E-state index contributed by atoms with van der Waals surface area (Å²) in [6.07, 6.45) is 2.24. The highest BCUT2D eigenvalue weighted by Crippen LogP contribution is 2.29. The van der Waals surface area contributed by atoms with Crippen LogP contribution >= 0.6 is 0 Å². The van der Waals surface area contributed by atoms with E-state index in [1.807, 2.05) is 48.5 Å². The van der Waals surface area contributed by atoms with Gasteiger partial charge in [0.1, 0.15) is 5.75 Å². The van der Waals surface area contributed by atoms with Gasteiger partial charge < -0.3 is 5.11 Å². The van der Waals surface area contributed by atoms with E-state index in [9.17, 15) is 5.11 Å². The maximum Gasteiger partial charge on any atom is 0.115 e. The molecule has 2 rings (SSSR count). The SMILES string of the molecule is CCCc1ccc(O)cc1C(C)(C)C.c1ccccc1. The number of phenolic OH excluding ortho intramolecular Hbond substituents is 1. The summed E-state index contributed by atoms with van der Waals surface area (Å²) in [5.74, 6) is 0.370. The molecule has 0 aliphatic heterocycles. The Balaban J connectivity index is 0.000000276. The standard InChI is InChI=1S/C13H20O.C6H6/c1-5-6-10-7-8-11(14)9-12(10)13(2,3)4;1-2-4-6-5-3-1/h7-9,14H,5-6H2,1-4H3;1-6H. The summed E-state index contributed by atoms with van der Waals surface area (Å²) >= 11 is 0. The number of phenols is 1. The Bertz CT molecular complexity index is 468. The van der Waals surface area contributed by atoms with E-state index in [0.717, 1.165) is 12.8 Å². The molecule has 0 saturated heterocycles. The molecule has 0 atom stereocenters. The zero-order valence-electron chi connectivity index (χ0n) is 13.1. The topological polar surface area (TPSA) is 20.2 Å². The number of hydrogen-bond acceptors (Lipinski definition) is 1. The minimum Gasteiger partial charge on any atom is -0.508 e. The molecule has 0 aliphatic carbocycles. The lowest BCUT2D eigenvalue weighted by Crippen LogP contribution is -2.14. The maximum absolute atomic E-state index is 9.47. The molecule has 1 N–H and O–H groups in total. The van der Waals surface area contributed by atoms with E-state index in [0.29, 0.717) is 5.75 Å². The average Bonchev–Trinajstić information content (AvgIpc) is 2.43. The van der Waals surface area contributed by atoms with Crippen LogP contribution in [0.3, 0.4) is 0 Å². The zero-order valence-corrected chi connectivity index (χ0v) is 13.1. The molecule has 0 aliphatic rings. The van der Waals surface area contributed by atoms with Gasteiger partial charge in [0.2, 0.25) is 0 Å². The van der Waals surface area contributed by atoms with Gasteiger partial charge in [0.25, 0.3) is 0 Å². The van der Waals surface area contributed by atoms with E-state index < -0.39 is 0 Å². The number of aromatic hydroxyl groups is 1. The first-order valence-electron chi connectivity index (χ1n) is 7.27. The number of benzene rings is 2. The molecule has 0 amide bonds. The molecule has 0 fully saturated rings. The quantitative estimate of drug-likeness (QED) is 0.782. The highest BCUT2D eigenvalue weighted by atomic mass is 16.3. The van der Waals surface area contributed by atoms with Crippen LogP contribution < -0.4 is 0 Å². The van der Waals surface area contributed by atoms with Gasteiger partial charge >= 0.3 is 0 Å². The number of rotatable bonds is 2. The van der Waals surface area contributed by atoms with Crippen molar-refractivity contribution in [3.8, 4) is 5.75 Å². The van der Waals surface area contributed by atoms with E-state index in [2.05, 4.69) is 27.7 Å². The monoisotopic (exact) mass is 270 g/mol. The van der Waals surface area contributed by atoms with Gasteiger partial charge in [-0.15, -0.1) is 0 Å². The molecule has 0 bridgehead atoms. The van der Waals surface area contributed by atoms with Crippen LogP contribution in [-0.4, -0.2) is 5.11 Å². The predicted molar refractivity (Wildman–Crippen MR) is 87.2 cm³/mol. The van der Waals surface area contributed by atoms with Crippen LogP contribution in [0.5, 0.6) is 5.75 Å². The first kappa shape index (κ1) is 16.3. The van der Waals surface area contributed by atoms with Gasteiger partial charge in [-0.2, -0.15) is 0 Å². The third-order valence-electron chi connectivity index (χ3n) is 3.09. The number of aryl methyl sites for hydroxylation is 1. The van der Waals surface area contributed by atoms with Gasteiger partial charge in [-0.05, 0) is 35.1 Å². The summed E-state index contributed by atoms with van der Waals surface area (Å²) in [6.45, 7) is 8.72. The Labute approximate surface area is 123 Å². The molecule has 0 saturated carbocycles. The Kier molecular flexibility index (Phi) is 6.30. The van der Waals surface area contributed by atoms with Crippen molar-refractivity contribution >= 4 is 0 Å². The molecular formula is C19H26O. The molecule has 108 valence electrons. The van der Waals surface area contributed by atoms with Crippen LogP contribution in [0.25, 0.3) is 0 Å². The lowest BCUT2D eigenvalue weighted by molar-refractivity contribution is 0.470. The minimum absolute atomic E-state index is 0.114. The summed E-state index contributed by atoms with van der Waals surface area (Å²) in [5.41, 5.74) is 2.74. The fraction of sp³-hybridized carbons (Fsp3) is 0.368. The van der Waals surface area contributed by atoms with Crippen LogP contribution in [0, 0.1) is 0 Å². The normalized spacial score (nSPS) is 10.6. The summed E-state index contributed by atoms with van der Waals surface area (Å²) in [4.78, 5) is 0. The first-order chi connectivity index (χ1) is 9.45. The van der Waals surface area contributed by atoms with E-state index in [1.165, 1.54) is 11.1 Å². The highest BCUT2D eigenvalue weighted by Gasteiger charge is 2.17. The van der Waals surface area contributed by atoms with Crippen molar-refractivity contribution in [3.63, 3.8) is 0 Å². The smallest absolute Gasteiger partial charge is 0.115 e. The molecule has 0 unspecified atom stereocenters. The van der Waals surface area contributed by atoms with E-state index >= 15 is 0 Å². The van der Waals surface area contributed by atoms with Crippen molar-refractivity contribution in [1.82, 2.24) is 0 Å². The van der Waals surface area contributed by atoms with E-state index in [4.69, 9.17) is 0 Å². The third-order valence-corrected chi connectivity index (χ3v) is 3.09. The molecule has 0 aromatic heterocycles. The average molecular weight is 270 g/mol. The molecule has 1 heteroatoms. The second-order valence-corrected chi connectivity index (χ2v) is 6.00. The summed E-state index contributed by atoms with van der Waals surface area (Å²) in [5, 5.41) is 9.47. The van der Waals surface area contributed by atoms with Crippen molar-refractivity contribution < 1.29 is 5.11 Å². The third kappa shape index (κ3) is 5.48. The molecule has 20 heavy (non-hydrogen) atoms. The Morgan fingerprint density at radius 1 is 0.900 bits per heavy atom. The molecule has 0 radical (unpaired) electrons. The molecule has 0 heterocycles. The van der Waals surface area contributed by atoms with Crippen LogP contribution in [-0.2, 0) is 11.8 Å². The zero-order chi connectivity index (χ0) is 15.0. The van der Waals surface area contributed by atoms with Gasteiger partial charge in [-0.25, -0.2) is 0 Å². The molecule has 0 spiro atoms. The highest BCUT2D eigenvalue weighted by molar-refractivity contribution is 5.39. The van der Waals surface area contributed by atoms with E-state index in [1.54, 1.807) is 6.07 Å². The van der Waals surface area contributed by atoms with Crippen LogP contribution in [0.2, 0.25) is 0 Å². The molecule has 2 aromatic carbocycles. The fourth-order valence-corrected chi connectivity index (χ4v) is 2.13. The largest absolute Gasteiger partial charge is 0.508 e. The summed E-state index contributed by atoms with van der Waals surface area (Å²) in [6, 6.07) is 17.7. The Morgan fingerprint density at radius 3 is 1.80 bits per heavy atom. The lowest BCUT2D eigenvalue weighted by atomic mass is 9.82. The summed E-state index contributed by atoms with van der Waals surface area (Å²) in [7, 11) is 0. The maximum atomic E-state index is 9.47. The lowest BCUT2D eigenvalue weighted by Gasteiger charge is -2.23. The van der Waals surface area contributed by atoms with Crippen LogP contribution in [0.15, 0.2) is 54.6 Å².